The molecule has 17 heavy (non-hydrogen) atoms. The van der Waals surface area contributed by atoms with Crippen molar-refractivity contribution in [2.75, 3.05) is 13.1 Å². The van der Waals surface area contributed by atoms with E-state index in [1.807, 2.05) is 19.4 Å². The molecular formula is C12H22N4O. The van der Waals surface area contributed by atoms with Crippen molar-refractivity contribution in [3.05, 3.63) is 18.0 Å². The summed E-state index contributed by atoms with van der Waals surface area (Å²) in [6, 6.07) is 0.260. The molecule has 0 spiro atoms. The van der Waals surface area contributed by atoms with Gasteiger partial charge in [0.1, 0.15) is 0 Å². The zero-order chi connectivity index (χ0) is 12.4. The predicted molar refractivity (Wildman–Crippen MR) is 66.4 cm³/mol. The van der Waals surface area contributed by atoms with Crippen LogP contribution in [0.2, 0.25) is 0 Å². The van der Waals surface area contributed by atoms with Crippen LogP contribution in [0.3, 0.4) is 0 Å². The van der Waals surface area contributed by atoms with Crippen LogP contribution >= 0.6 is 0 Å². The predicted octanol–water partition coefficient (Wildman–Crippen LogP) is 0.265. The van der Waals surface area contributed by atoms with Gasteiger partial charge in [-0.1, -0.05) is 6.92 Å². The molecule has 0 radical (unpaired) electrons. The number of nitrogens with zero attached hydrogens (tertiary/aromatic N) is 3. The lowest BCUT2D eigenvalue weighted by molar-refractivity contribution is 0.148. The molecular weight excluding hydrogens is 216 g/mol. The number of likely N-dealkylation sites (tertiary alicyclic amines) is 1. The molecule has 3 atom stereocenters. The quantitative estimate of drug-likeness (QED) is 0.790. The van der Waals surface area contributed by atoms with Gasteiger partial charge in [-0.2, -0.15) is 5.10 Å². The Balaban J connectivity index is 2.19. The maximum atomic E-state index is 9.65. The SMILES string of the molecule is CCC(N)C(c1cnn(C)c1)N1CCC(O)C1. The maximum Gasteiger partial charge on any atom is 0.0679 e. The van der Waals surface area contributed by atoms with Crippen molar-refractivity contribution in [1.82, 2.24) is 14.7 Å². The fourth-order valence-corrected chi connectivity index (χ4v) is 2.57. The highest BCUT2D eigenvalue weighted by molar-refractivity contribution is 5.14. The fraction of sp³-hybridized carbons (Fsp3) is 0.750. The third-order valence-corrected chi connectivity index (χ3v) is 3.53. The van der Waals surface area contributed by atoms with E-state index in [9.17, 15) is 5.11 Å². The van der Waals surface area contributed by atoms with Crippen molar-refractivity contribution < 1.29 is 5.11 Å². The van der Waals surface area contributed by atoms with Gasteiger partial charge in [0.05, 0.1) is 18.3 Å². The van der Waals surface area contributed by atoms with E-state index >= 15 is 0 Å². The zero-order valence-corrected chi connectivity index (χ0v) is 10.6. The fourth-order valence-electron chi connectivity index (χ4n) is 2.57. The Bertz CT molecular complexity index is 365. The molecule has 3 N–H and O–H groups in total. The molecule has 2 rings (SSSR count). The van der Waals surface area contributed by atoms with Gasteiger partial charge in [0.2, 0.25) is 0 Å². The second-order valence-corrected chi connectivity index (χ2v) is 4.90. The zero-order valence-electron chi connectivity index (χ0n) is 10.6. The van der Waals surface area contributed by atoms with E-state index < -0.39 is 0 Å². The van der Waals surface area contributed by atoms with Gasteiger partial charge in [-0.05, 0) is 12.8 Å². The summed E-state index contributed by atoms with van der Waals surface area (Å²) in [5.74, 6) is 0. The lowest BCUT2D eigenvalue weighted by Gasteiger charge is -2.31. The molecule has 1 aromatic heterocycles. The van der Waals surface area contributed by atoms with Crippen molar-refractivity contribution in [2.45, 2.75) is 38.0 Å². The minimum Gasteiger partial charge on any atom is -0.392 e. The Morgan fingerprint density at radius 2 is 2.41 bits per heavy atom. The molecule has 0 amide bonds. The average molecular weight is 238 g/mol. The molecule has 5 nitrogen and oxygen atoms in total. The van der Waals surface area contributed by atoms with Crippen LogP contribution in [0.25, 0.3) is 0 Å². The number of hydrogen-bond donors (Lipinski definition) is 2. The summed E-state index contributed by atoms with van der Waals surface area (Å²) in [4.78, 5) is 2.27. The first-order valence-electron chi connectivity index (χ1n) is 6.28. The molecule has 96 valence electrons. The van der Waals surface area contributed by atoms with Crippen molar-refractivity contribution >= 4 is 0 Å². The molecule has 3 unspecified atom stereocenters. The first kappa shape index (κ1) is 12.5. The standard InChI is InChI=1S/C12H22N4O/c1-3-11(13)12(9-6-14-15(2)7-9)16-5-4-10(17)8-16/h6-7,10-12,17H,3-5,8,13H2,1-2H3. The Labute approximate surface area is 102 Å². The highest BCUT2D eigenvalue weighted by Crippen LogP contribution is 2.28. The summed E-state index contributed by atoms with van der Waals surface area (Å²) in [5, 5.41) is 13.9. The van der Waals surface area contributed by atoms with Gasteiger partial charge in [0.15, 0.2) is 0 Å². The molecule has 0 bridgehead atoms. The molecule has 1 fully saturated rings. The van der Waals surface area contributed by atoms with Gasteiger partial charge in [0, 0.05) is 37.9 Å². The van der Waals surface area contributed by atoms with Crippen molar-refractivity contribution in [1.29, 1.82) is 0 Å². The molecule has 1 aromatic rings. The molecule has 0 aliphatic carbocycles. The summed E-state index contributed by atoms with van der Waals surface area (Å²) < 4.78 is 1.80. The highest BCUT2D eigenvalue weighted by Gasteiger charge is 2.31. The van der Waals surface area contributed by atoms with Gasteiger partial charge in [-0.3, -0.25) is 9.58 Å². The lowest BCUT2D eigenvalue weighted by Crippen LogP contribution is -2.40. The summed E-state index contributed by atoms with van der Waals surface area (Å²) in [7, 11) is 1.91. The Hall–Kier alpha value is -0.910. The van der Waals surface area contributed by atoms with Crippen LogP contribution in [0.5, 0.6) is 0 Å². The monoisotopic (exact) mass is 238 g/mol. The number of aromatic nitrogens is 2. The van der Waals surface area contributed by atoms with Crippen molar-refractivity contribution in [2.24, 2.45) is 12.8 Å². The highest BCUT2D eigenvalue weighted by atomic mass is 16.3. The molecule has 0 saturated carbocycles. The Kier molecular flexibility index (Phi) is 3.81. The molecule has 1 aliphatic heterocycles. The van der Waals surface area contributed by atoms with E-state index in [0.29, 0.717) is 6.54 Å². The van der Waals surface area contributed by atoms with Crippen LogP contribution < -0.4 is 5.73 Å². The molecule has 1 aliphatic rings. The minimum absolute atomic E-state index is 0.0875. The normalized spacial score (nSPS) is 25.1. The number of rotatable bonds is 4. The van der Waals surface area contributed by atoms with Crippen LogP contribution in [0.15, 0.2) is 12.4 Å². The summed E-state index contributed by atoms with van der Waals surface area (Å²) in [6.07, 6.45) is 5.45. The van der Waals surface area contributed by atoms with Crippen LogP contribution in [0.4, 0.5) is 0 Å². The van der Waals surface area contributed by atoms with Crippen LogP contribution in [0, 0.1) is 0 Å². The number of aliphatic hydroxyl groups is 1. The second-order valence-electron chi connectivity index (χ2n) is 4.90. The number of aliphatic hydroxyl groups excluding tert-OH is 1. The second kappa shape index (κ2) is 5.16. The van der Waals surface area contributed by atoms with Crippen molar-refractivity contribution in [3.63, 3.8) is 0 Å². The third kappa shape index (κ3) is 2.68. The van der Waals surface area contributed by atoms with Crippen LogP contribution in [-0.4, -0.2) is 45.0 Å². The Morgan fingerprint density at radius 3 is 2.88 bits per heavy atom. The first-order chi connectivity index (χ1) is 8.11. The van der Waals surface area contributed by atoms with Gasteiger partial charge in [-0.25, -0.2) is 0 Å². The number of hydrogen-bond acceptors (Lipinski definition) is 4. The minimum atomic E-state index is -0.210. The summed E-state index contributed by atoms with van der Waals surface area (Å²) >= 11 is 0. The first-order valence-corrected chi connectivity index (χ1v) is 6.28. The van der Waals surface area contributed by atoms with Gasteiger partial charge in [0.25, 0.3) is 0 Å². The van der Waals surface area contributed by atoms with E-state index in [2.05, 4.69) is 16.9 Å². The lowest BCUT2D eigenvalue weighted by atomic mass is 9.99. The van der Waals surface area contributed by atoms with Crippen LogP contribution in [0.1, 0.15) is 31.4 Å². The van der Waals surface area contributed by atoms with Crippen LogP contribution in [-0.2, 0) is 7.05 Å². The van der Waals surface area contributed by atoms with Gasteiger partial charge in [-0.15, -0.1) is 0 Å². The van der Waals surface area contributed by atoms with Gasteiger partial charge < -0.3 is 10.8 Å². The van der Waals surface area contributed by atoms with E-state index in [-0.39, 0.29) is 18.2 Å². The Morgan fingerprint density at radius 1 is 1.65 bits per heavy atom. The number of aryl methyl sites for hydroxylation is 1. The van der Waals surface area contributed by atoms with E-state index in [1.165, 1.54) is 0 Å². The molecule has 0 aromatic carbocycles. The largest absolute Gasteiger partial charge is 0.392 e. The van der Waals surface area contributed by atoms with E-state index in [1.54, 1.807) is 4.68 Å². The smallest absolute Gasteiger partial charge is 0.0679 e. The summed E-state index contributed by atoms with van der Waals surface area (Å²) in [5.41, 5.74) is 7.37. The molecule has 2 heterocycles. The molecule has 1 saturated heterocycles. The van der Waals surface area contributed by atoms with Gasteiger partial charge >= 0.3 is 0 Å². The topological polar surface area (TPSA) is 67.3 Å². The number of β-amino-alcohol motifs (C(OH)–C–C–N with tert-alkyl or cyclic N) is 1. The van der Waals surface area contributed by atoms with E-state index in [0.717, 1.165) is 24.9 Å². The van der Waals surface area contributed by atoms with Crippen molar-refractivity contribution in [3.8, 4) is 0 Å². The maximum absolute atomic E-state index is 9.65. The molecule has 5 heteroatoms. The van der Waals surface area contributed by atoms with E-state index in [4.69, 9.17) is 5.73 Å². The average Bonchev–Trinajstić information content (AvgIpc) is 2.89. The summed E-state index contributed by atoms with van der Waals surface area (Å²) in [6.45, 7) is 3.72. The number of nitrogens with two attached hydrogens (primary N) is 1. The third-order valence-electron chi connectivity index (χ3n) is 3.53.